The van der Waals surface area contributed by atoms with Gasteiger partial charge < -0.3 is 9.64 Å². The number of aryl methyl sites for hydroxylation is 1. The van der Waals surface area contributed by atoms with Crippen molar-refractivity contribution in [2.45, 2.75) is 18.1 Å². The fourth-order valence-electron chi connectivity index (χ4n) is 2.66. The average molecular weight is 328 g/mol. The summed E-state index contributed by atoms with van der Waals surface area (Å²) in [6, 6.07) is 0. The maximum absolute atomic E-state index is 12.5. The maximum atomic E-state index is 12.5. The van der Waals surface area contributed by atoms with E-state index in [0.717, 1.165) is 12.8 Å². The van der Waals surface area contributed by atoms with Crippen molar-refractivity contribution in [3.8, 4) is 5.88 Å². The molecule has 1 saturated carbocycles. The van der Waals surface area contributed by atoms with Gasteiger partial charge in [0, 0.05) is 39.4 Å². The number of piperazine rings is 1. The van der Waals surface area contributed by atoms with Crippen molar-refractivity contribution in [3.05, 3.63) is 11.8 Å². The van der Waals surface area contributed by atoms with Crippen molar-refractivity contribution in [1.82, 2.24) is 19.0 Å². The van der Waals surface area contributed by atoms with Gasteiger partial charge in [-0.2, -0.15) is 4.31 Å². The van der Waals surface area contributed by atoms with Gasteiger partial charge in [0.1, 0.15) is 5.56 Å². The quantitative estimate of drug-likeness (QED) is 0.756. The number of aromatic nitrogens is 2. The minimum Gasteiger partial charge on any atom is -0.479 e. The number of hydrogen-bond acceptors (Lipinski definition) is 5. The molecule has 0 unspecified atom stereocenters. The largest absolute Gasteiger partial charge is 0.479 e. The van der Waals surface area contributed by atoms with Gasteiger partial charge in [-0.3, -0.25) is 9.48 Å². The zero-order chi connectivity index (χ0) is 15.9. The molecule has 0 N–H and O–H groups in total. The van der Waals surface area contributed by atoms with Crippen LogP contribution in [0.15, 0.2) is 6.20 Å². The van der Waals surface area contributed by atoms with Crippen LogP contribution in [0, 0.1) is 0 Å². The number of sulfonamides is 1. The van der Waals surface area contributed by atoms with Crippen molar-refractivity contribution in [2.24, 2.45) is 7.05 Å². The van der Waals surface area contributed by atoms with Gasteiger partial charge in [0.15, 0.2) is 0 Å². The second kappa shape index (κ2) is 5.54. The summed E-state index contributed by atoms with van der Waals surface area (Å²) in [4.78, 5) is 14.2. The van der Waals surface area contributed by atoms with E-state index in [9.17, 15) is 13.2 Å². The number of rotatable bonds is 4. The lowest BCUT2D eigenvalue weighted by molar-refractivity contribution is 0.0694. The molecule has 1 aromatic rings. The van der Waals surface area contributed by atoms with E-state index in [0.29, 0.717) is 37.6 Å². The summed E-state index contributed by atoms with van der Waals surface area (Å²) in [6.07, 6.45) is 3.14. The van der Waals surface area contributed by atoms with Gasteiger partial charge in [-0.25, -0.2) is 8.42 Å². The van der Waals surface area contributed by atoms with Gasteiger partial charge >= 0.3 is 0 Å². The number of amides is 1. The Kier molecular flexibility index (Phi) is 3.85. The second-order valence-corrected chi connectivity index (χ2v) is 7.87. The van der Waals surface area contributed by atoms with Gasteiger partial charge in [-0.15, -0.1) is 5.10 Å². The Hall–Kier alpha value is -1.61. The van der Waals surface area contributed by atoms with Gasteiger partial charge in [0.25, 0.3) is 5.91 Å². The molecule has 1 saturated heterocycles. The van der Waals surface area contributed by atoms with Crippen molar-refractivity contribution in [3.63, 3.8) is 0 Å². The third-order valence-electron chi connectivity index (χ3n) is 4.05. The highest BCUT2D eigenvalue weighted by Gasteiger charge is 2.41. The molecule has 0 bridgehead atoms. The number of carbonyl (C=O) groups is 1. The average Bonchev–Trinajstić information content (AvgIpc) is 3.30. The van der Waals surface area contributed by atoms with Gasteiger partial charge in [0.2, 0.25) is 15.9 Å². The molecule has 2 fully saturated rings. The van der Waals surface area contributed by atoms with Gasteiger partial charge in [0.05, 0.1) is 12.4 Å². The van der Waals surface area contributed by atoms with Crippen LogP contribution in [0.25, 0.3) is 0 Å². The lowest BCUT2D eigenvalue weighted by Crippen LogP contribution is -2.51. The second-order valence-electron chi connectivity index (χ2n) is 5.66. The van der Waals surface area contributed by atoms with Crippen molar-refractivity contribution >= 4 is 15.9 Å². The van der Waals surface area contributed by atoms with Gasteiger partial charge in [-0.1, -0.05) is 0 Å². The third-order valence-corrected chi connectivity index (χ3v) is 6.45. The number of carbonyl (C=O) groups excluding carboxylic acids is 1. The maximum Gasteiger partial charge on any atom is 0.261 e. The summed E-state index contributed by atoms with van der Waals surface area (Å²) in [5, 5.41) is 3.87. The molecule has 0 aromatic carbocycles. The Morgan fingerprint density at radius 1 is 1.27 bits per heavy atom. The SMILES string of the molecule is COc1nn(C)cc1C(=O)N1CCN(S(=O)(=O)C2CC2)CC1. The van der Waals surface area contributed by atoms with Crippen LogP contribution in [0.2, 0.25) is 0 Å². The topological polar surface area (TPSA) is 84.7 Å². The summed E-state index contributed by atoms with van der Waals surface area (Å²) in [7, 11) is 0.0361. The van der Waals surface area contributed by atoms with Gasteiger partial charge in [-0.05, 0) is 12.8 Å². The lowest BCUT2D eigenvalue weighted by Gasteiger charge is -2.33. The normalized spacial score (nSPS) is 20.2. The highest BCUT2D eigenvalue weighted by Crippen LogP contribution is 2.31. The van der Waals surface area contributed by atoms with E-state index in [4.69, 9.17) is 4.74 Å². The molecule has 3 rings (SSSR count). The zero-order valence-corrected chi connectivity index (χ0v) is 13.5. The Morgan fingerprint density at radius 2 is 1.91 bits per heavy atom. The van der Waals surface area contributed by atoms with Crippen molar-refractivity contribution in [1.29, 1.82) is 0 Å². The Bertz CT molecular complexity index is 672. The fraction of sp³-hybridized carbons (Fsp3) is 0.692. The molecule has 22 heavy (non-hydrogen) atoms. The number of methoxy groups -OCH3 is 1. The highest BCUT2D eigenvalue weighted by molar-refractivity contribution is 7.90. The van der Waals surface area contributed by atoms with Crippen molar-refractivity contribution in [2.75, 3.05) is 33.3 Å². The minimum atomic E-state index is -3.16. The van der Waals surface area contributed by atoms with E-state index >= 15 is 0 Å². The zero-order valence-electron chi connectivity index (χ0n) is 12.7. The van der Waals surface area contributed by atoms with E-state index in [1.54, 1.807) is 18.1 Å². The fourth-order valence-corrected chi connectivity index (χ4v) is 4.48. The molecule has 1 amide bonds. The predicted octanol–water partition coefficient (Wildman–Crippen LogP) is -0.321. The number of ether oxygens (including phenoxy) is 1. The molecule has 1 aromatic heterocycles. The number of hydrogen-bond donors (Lipinski definition) is 0. The highest BCUT2D eigenvalue weighted by atomic mass is 32.2. The molecule has 8 nitrogen and oxygen atoms in total. The monoisotopic (exact) mass is 328 g/mol. The summed E-state index contributed by atoms with van der Waals surface area (Å²) in [6.45, 7) is 1.49. The molecule has 2 heterocycles. The first-order chi connectivity index (χ1) is 10.4. The van der Waals surface area contributed by atoms with Crippen LogP contribution < -0.4 is 4.74 Å². The standard InChI is InChI=1S/C13H20N4O4S/c1-15-9-11(12(14-15)21-2)13(18)16-5-7-17(8-6-16)22(19,20)10-3-4-10/h9-10H,3-8H2,1-2H3. The first kappa shape index (κ1) is 15.3. The molecule has 0 radical (unpaired) electrons. The molecular formula is C13H20N4O4S. The van der Waals surface area contributed by atoms with E-state index in [-0.39, 0.29) is 11.2 Å². The lowest BCUT2D eigenvalue weighted by atomic mass is 10.2. The summed E-state index contributed by atoms with van der Waals surface area (Å²) < 4.78 is 32.5. The molecule has 2 aliphatic rings. The third kappa shape index (κ3) is 2.70. The molecule has 9 heteroatoms. The van der Waals surface area contributed by atoms with E-state index in [2.05, 4.69) is 5.10 Å². The molecular weight excluding hydrogens is 308 g/mol. The Morgan fingerprint density at radius 3 is 2.45 bits per heavy atom. The molecule has 122 valence electrons. The van der Waals surface area contributed by atoms with E-state index in [1.165, 1.54) is 16.1 Å². The van der Waals surface area contributed by atoms with Crippen LogP contribution in [0.1, 0.15) is 23.2 Å². The predicted molar refractivity (Wildman–Crippen MR) is 79.2 cm³/mol. The summed E-state index contributed by atoms with van der Waals surface area (Å²) in [5.74, 6) is 0.119. The minimum absolute atomic E-state index is 0.173. The Balaban J connectivity index is 1.67. The van der Waals surface area contributed by atoms with Crippen LogP contribution in [-0.2, 0) is 17.1 Å². The van der Waals surface area contributed by atoms with Crippen LogP contribution in [0.4, 0.5) is 0 Å². The van der Waals surface area contributed by atoms with E-state index < -0.39 is 10.0 Å². The summed E-state index contributed by atoms with van der Waals surface area (Å²) >= 11 is 0. The van der Waals surface area contributed by atoms with E-state index in [1.807, 2.05) is 0 Å². The first-order valence-corrected chi connectivity index (χ1v) is 8.79. The first-order valence-electron chi connectivity index (χ1n) is 7.29. The van der Waals surface area contributed by atoms with Crippen molar-refractivity contribution < 1.29 is 17.9 Å². The molecule has 0 atom stereocenters. The molecule has 1 aliphatic heterocycles. The molecule has 1 aliphatic carbocycles. The van der Waals surface area contributed by atoms with Crippen LogP contribution in [0.5, 0.6) is 5.88 Å². The smallest absolute Gasteiger partial charge is 0.261 e. The summed E-state index contributed by atoms with van der Waals surface area (Å²) in [5.41, 5.74) is 0.406. The van der Waals surface area contributed by atoms with Crippen LogP contribution in [0.3, 0.4) is 0 Å². The van der Waals surface area contributed by atoms with Crippen LogP contribution >= 0.6 is 0 Å². The number of nitrogens with zero attached hydrogens (tertiary/aromatic N) is 4. The Labute approximate surface area is 129 Å². The molecule has 0 spiro atoms. The van der Waals surface area contributed by atoms with Crippen LogP contribution in [-0.4, -0.2) is 71.8 Å².